The lowest BCUT2D eigenvalue weighted by Gasteiger charge is -2.43. The molecule has 204 valence electrons. The Labute approximate surface area is 234 Å². The van der Waals surface area contributed by atoms with Gasteiger partial charge in [0.2, 0.25) is 11.8 Å². The van der Waals surface area contributed by atoms with E-state index in [4.69, 9.17) is 22.1 Å². The van der Waals surface area contributed by atoms with Crippen LogP contribution in [0.2, 0.25) is 5.02 Å². The van der Waals surface area contributed by atoms with Crippen LogP contribution in [-0.4, -0.2) is 30.2 Å². The van der Waals surface area contributed by atoms with E-state index in [1.54, 1.807) is 67.3 Å². The van der Waals surface area contributed by atoms with Gasteiger partial charge in [0.25, 0.3) is 0 Å². The molecule has 0 saturated heterocycles. The number of carbonyl (C=O) groups excluding carboxylic acids is 3. The van der Waals surface area contributed by atoms with Crippen molar-refractivity contribution in [2.45, 2.75) is 46.2 Å². The molecule has 3 N–H and O–H groups in total. The minimum absolute atomic E-state index is 0.0869. The summed E-state index contributed by atoms with van der Waals surface area (Å²) in [5.41, 5.74) is 7.72. The predicted octanol–water partition coefficient (Wildman–Crippen LogP) is 6.03. The Bertz CT molecular complexity index is 1360. The molecule has 2 amide bonds. The summed E-state index contributed by atoms with van der Waals surface area (Å²) < 4.78 is 5.80. The number of hydrogen-bond acceptors (Lipinski definition) is 5. The summed E-state index contributed by atoms with van der Waals surface area (Å²) in [7, 11) is 0. The number of halogens is 1. The first-order chi connectivity index (χ1) is 18.5. The van der Waals surface area contributed by atoms with Crippen LogP contribution in [0.25, 0.3) is 0 Å². The van der Waals surface area contributed by atoms with E-state index < -0.39 is 17.4 Å². The van der Waals surface area contributed by atoms with Crippen LogP contribution in [0, 0.1) is 11.3 Å². The van der Waals surface area contributed by atoms with Gasteiger partial charge in [-0.05, 0) is 73.5 Å². The van der Waals surface area contributed by atoms with E-state index in [2.05, 4.69) is 5.32 Å². The Morgan fingerprint density at radius 1 is 1.00 bits per heavy atom. The Morgan fingerprint density at radius 2 is 1.64 bits per heavy atom. The minimum Gasteiger partial charge on any atom is -0.494 e. The van der Waals surface area contributed by atoms with Crippen LogP contribution >= 0.6 is 11.6 Å². The van der Waals surface area contributed by atoms with Crippen molar-refractivity contribution in [2.75, 3.05) is 16.8 Å². The maximum Gasteiger partial charge on any atom is 0.224 e. The highest BCUT2D eigenvalue weighted by Gasteiger charge is 2.44. The molecule has 3 aromatic rings. The molecule has 0 aromatic heterocycles. The van der Waals surface area contributed by atoms with Crippen LogP contribution in [0.1, 0.15) is 56.1 Å². The van der Waals surface area contributed by atoms with Crippen molar-refractivity contribution in [1.29, 1.82) is 0 Å². The number of rotatable bonds is 9. The number of ketones is 1. The average molecular weight is 548 g/mol. The molecule has 3 atom stereocenters. The summed E-state index contributed by atoms with van der Waals surface area (Å²) in [6, 6.07) is 21.0. The Balaban J connectivity index is 1.65. The predicted molar refractivity (Wildman–Crippen MR) is 154 cm³/mol. The van der Waals surface area contributed by atoms with Crippen molar-refractivity contribution in [3.05, 3.63) is 88.9 Å². The number of hydrogen-bond donors (Lipinski definition) is 2. The molecule has 1 heterocycles. The summed E-state index contributed by atoms with van der Waals surface area (Å²) >= 11 is 6.13. The number of anilines is 2. The molecule has 0 fully saturated rings. The number of ether oxygens (including phenoxy) is 1. The van der Waals surface area contributed by atoms with Gasteiger partial charge in [0.1, 0.15) is 5.75 Å². The maximum absolute atomic E-state index is 14.1. The fourth-order valence-corrected chi connectivity index (χ4v) is 5.08. The summed E-state index contributed by atoms with van der Waals surface area (Å²) in [5, 5.41) is 4.03. The second-order valence-electron chi connectivity index (χ2n) is 10.6. The number of para-hydroxylation sites is 1. The Morgan fingerprint density at radius 3 is 2.26 bits per heavy atom. The number of amides is 2. The lowest BCUT2D eigenvalue weighted by atomic mass is 9.77. The van der Waals surface area contributed by atoms with Gasteiger partial charge in [0, 0.05) is 40.3 Å². The molecule has 4 rings (SSSR count). The van der Waals surface area contributed by atoms with E-state index in [1.165, 1.54) is 6.92 Å². The molecular weight excluding hydrogens is 514 g/mol. The monoisotopic (exact) mass is 547 g/mol. The third-order valence-corrected chi connectivity index (χ3v) is 7.62. The lowest BCUT2D eigenvalue weighted by Crippen LogP contribution is -2.49. The fourth-order valence-electron chi connectivity index (χ4n) is 4.95. The first-order valence-electron chi connectivity index (χ1n) is 13.0. The summed E-state index contributed by atoms with van der Waals surface area (Å²) in [4.78, 5) is 40.4. The summed E-state index contributed by atoms with van der Waals surface area (Å²) in [5.74, 6) is -0.614. The van der Waals surface area contributed by atoms with Crippen molar-refractivity contribution < 1.29 is 19.1 Å². The van der Waals surface area contributed by atoms with Gasteiger partial charge >= 0.3 is 0 Å². The van der Waals surface area contributed by atoms with Gasteiger partial charge in [-0.3, -0.25) is 14.4 Å². The average Bonchev–Trinajstić information content (AvgIpc) is 2.89. The second-order valence-corrected chi connectivity index (χ2v) is 11.0. The van der Waals surface area contributed by atoms with Gasteiger partial charge in [-0.2, -0.15) is 0 Å². The molecule has 0 radical (unpaired) electrons. The van der Waals surface area contributed by atoms with Gasteiger partial charge in [-0.25, -0.2) is 0 Å². The first kappa shape index (κ1) is 28.2. The first-order valence-corrected chi connectivity index (χ1v) is 13.3. The largest absolute Gasteiger partial charge is 0.494 e. The van der Waals surface area contributed by atoms with Crippen molar-refractivity contribution in [3.63, 3.8) is 0 Å². The number of nitrogens with one attached hydrogen (secondary N) is 1. The lowest BCUT2D eigenvalue weighted by molar-refractivity contribution is -0.126. The van der Waals surface area contributed by atoms with Crippen LogP contribution in [0.3, 0.4) is 0 Å². The normalized spacial score (nSPS) is 18.4. The Kier molecular flexibility index (Phi) is 8.31. The standard InChI is InChI=1S/C31H34ClN3O4/c1-19-27(29(37)21-9-15-24(16-10-21)39-18-17-31(3,4)30(33)38)28(25-7-5-6-8-26(25)34-19)35(20(2)36)23-13-11-22(32)12-14-23/h5-16,19,27-28,34H,17-18H2,1-4H3,(H2,33,38)/t19-,27?,28-/m0/s1. The van der Waals surface area contributed by atoms with Crippen LogP contribution in [0.4, 0.5) is 11.4 Å². The number of carbonyl (C=O) groups is 3. The van der Waals surface area contributed by atoms with Gasteiger partial charge in [0.05, 0.1) is 18.6 Å². The van der Waals surface area contributed by atoms with E-state index in [1.807, 2.05) is 31.2 Å². The third-order valence-electron chi connectivity index (χ3n) is 7.37. The molecule has 1 unspecified atom stereocenters. The van der Waals surface area contributed by atoms with Crippen LogP contribution < -0.4 is 20.7 Å². The molecule has 1 aliphatic rings. The van der Waals surface area contributed by atoms with Crippen LogP contribution in [0.15, 0.2) is 72.8 Å². The maximum atomic E-state index is 14.1. The van der Waals surface area contributed by atoms with E-state index >= 15 is 0 Å². The highest BCUT2D eigenvalue weighted by atomic mass is 35.5. The van der Waals surface area contributed by atoms with Crippen molar-refractivity contribution in [2.24, 2.45) is 17.1 Å². The highest BCUT2D eigenvalue weighted by Crippen LogP contribution is 2.44. The molecule has 0 spiro atoms. The molecule has 7 nitrogen and oxygen atoms in total. The van der Waals surface area contributed by atoms with Gasteiger partial charge < -0.3 is 20.7 Å². The fraction of sp³-hybridized carbons (Fsp3) is 0.323. The van der Waals surface area contributed by atoms with Gasteiger partial charge in [-0.15, -0.1) is 0 Å². The smallest absolute Gasteiger partial charge is 0.224 e. The second kappa shape index (κ2) is 11.5. The number of nitrogens with zero attached hydrogens (tertiary/aromatic N) is 1. The van der Waals surface area contributed by atoms with Gasteiger partial charge in [0.15, 0.2) is 5.78 Å². The molecule has 0 saturated carbocycles. The van der Waals surface area contributed by atoms with Crippen molar-refractivity contribution >= 4 is 40.6 Å². The van der Waals surface area contributed by atoms with Crippen molar-refractivity contribution in [1.82, 2.24) is 0 Å². The van der Waals surface area contributed by atoms with Crippen LogP contribution in [-0.2, 0) is 9.59 Å². The number of primary amides is 1. The van der Waals surface area contributed by atoms with E-state index in [0.29, 0.717) is 35.1 Å². The number of nitrogens with two attached hydrogens (primary N) is 1. The molecule has 8 heteroatoms. The summed E-state index contributed by atoms with van der Waals surface area (Å²) in [6.45, 7) is 7.35. The van der Waals surface area contributed by atoms with E-state index in [-0.39, 0.29) is 23.6 Å². The molecule has 3 aromatic carbocycles. The zero-order chi connectivity index (χ0) is 28.3. The minimum atomic E-state index is -0.669. The zero-order valence-electron chi connectivity index (χ0n) is 22.6. The third kappa shape index (κ3) is 6.09. The quantitative estimate of drug-likeness (QED) is 0.319. The molecule has 0 aliphatic carbocycles. The number of fused-ring (bicyclic) bond motifs is 1. The van der Waals surface area contributed by atoms with E-state index in [0.717, 1.165) is 11.3 Å². The van der Waals surface area contributed by atoms with E-state index in [9.17, 15) is 14.4 Å². The molecule has 0 bridgehead atoms. The Hall–Kier alpha value is -3.84. The van der Waals surface area contributed by atoms with Gasteiger partial charge in [-0.1, -0.05) is 43.6 Å². The molecule has 1 aliphatic heterocycles. The van der Waals surface area contributed by atoms with Crippen molar-refractivity contribution in [3.8, 4) is 5.75 Å². The number of Topliss-reactive ketones (excluding diaryl/α,β-unsaturated/α-hetero) is 1. The topological polar surface area (TPSA) is 102 Å². The molecule has 39 heavy (non-hydrogen) atoms. The zero-order valence-corrected chi connectivity index (χ0v) is 23.4. The molecular formula is C31H34ClN3O4. The SMILES string of the molecule is CC(=O)N(c1ccc(Cl)cc1)[C@H]1c2ccccc2N[C@@H](C)C1C(=O)c1ccc(OCCC(C)(C)C(N)=O)cc1. The summed E-state index contributed by atoms with van der Waals surface area (Å²) in [6.07, 6.45) is 0.473. The number of benzene rings is 3. The van der Waals surface area contributed by atoms with Crippen LogP contribution in [0.5, 0.6) is 5.75 Å². The highest BCUT2D eigenvalue weighted by molar-refractivity contribution is 6.30.